The Morgan fingerprint density at radius 2 is 1.77 bits per heavy atom. The molecule has 2 aromatic rings. The van der Waals surface area contributed by atoms with Crippen molar-refractivity contribution in [2.75, 3.05) is 19.8 Å². The van der Waals surface area contributed by atoms with Crippen molar-refractivity contribution in [2.24, 2.45) is 5.92 Å². The maximum Gasteiger partial charge on any atom is 0.240 e. The van der Waals surface area contributed by atoms with Crippen LogP contribution in [-0.2, 0) is 20.2 Å². The summed E-state index contributed by atoms with van der Waals surface area (Å²) in [5, 5.41) is 0. The number of hydrogen-bond acceptors (Lipinski definition) is 4. The van der Waals surface area contributed by atoms with Crippen molar-refractivity contribution < 1.29 is 13.2 Å². The van der Waals surface area contributed by atoms with Crippen molar-refractivity contribution in [3.8, 4) is 0 Å². The van der Waals surface area contributed by atoms with E-state index >= 15 is 0 Å². The molecule has 0 bridgehead atoms. The molecule has 1 spiro atoms. The monoisotopic (exact) mass is 457 g/mol. The van der Waals surface area contributed by atoms with Crippen LogP contribution in [0.5, 0.6) is 0 Å². The number of nitrogens with one attached hydrogen (secondary N) is 1. The molecule has 3 aliphatic rings. The minimum Gasteiger partial charge on any atom is -0.381 e. The van der Waals surface area contributed by atoms with E-state index in [1.165, 1.54) is 35.3 Å². The number of hydrogen-bond donors (Lipinski definition) is 1. The Hall–Kier alpha value is -1.34. The van der Waals surface area contributed by atoms with Gasteiger partial charge in [0.05, 0.1) is 4.90 Å². The lowest BCUT2D eigenvalue weighted by Crippen LogP contribution is -2.35. The van der Waals surface area contributed by atoms with Gasteiger partial charge in [-0.15, -0.1) is 0 Å². The molecule has 5 rings (SSSR count). The van der Waals surface area contributed by atoms with Gasteiger partial charge in [-0.25, -0.2) is 13.1 Å². The number of rotatable bonds is 4. The summed E-state index contributed by atoms with van der Waals surface area (Å²) < 4.78 is 34.8. The Morgan fingerprint density at radius 1 is 1.03 bits per heavy atom. The third kappa shape index (κ3) is 3.97. The van der Waals surface area contributed by atoms with E-state index in [2.05, 4.69) is 35.1 Å². The average Bonchev–Trinajstić information content (AvgIpc) is 2.80. The second kappa shape index (κ2) is 8.54. The molecule has 1 saturated carbocycles. The number of benzene rings is 2. The summed E-state index contributed by atoms with van der Waals surface area (Å²) in [6.07, 6.45) is 7.86. The molecule has 4 nitrogen and oxygen atoms in total. The first-order valence-corrected chi connectivity index (χ1v) is 13.8. The van der Waals surface area contributed by atoms with Gasteiger partial charge in [-0.3, -0.25) is 0 Å². The van der Waals surface area contributed by atoms with Crippen molar-refractivity contribution in [3.05, 3.63) is 53.1 Å². The summed E-state index contributed by atoms with van der Waals surface area (Å²) in [5.74, 6) is 0.355. The van der Waals surface area contributed by atoms with Crippen LogP contribution in [0.4, 0.5) is 0 Å². The van der Waals surface area contributed by atoms with Crippen LogP contribution in [0.1, 0.15) is 61.6 Å². The molecule has 31 heavy (non-hydrogen) atoms. The van der Waals surface area contributed by atoms with E-state index in [-0.39, 0.29) is 5.41 Å². The van der Waals surface area contributed by atoms with Crippen molar-refractivity contribution in [1.82, 2.24) is 4.72 Å². The van der Waals surface area contributed by atoms with Gasteiger partial charge in [0, 0.05) is 35.0 Å². The normalized spacial score (nSPS) is 20.9. The van der Waals surface area contributed by atoms with E-state index in [0.717, 1.165) is 49.4 Å². The first-order valence-electron chi connectivity index (χ1n) is 11.5. The van der Waals surface area contributed by atoms with E-state index in [9.17, 15) is 8.42 Å². The molecule has 166 valence electrons. The summed E-state index contributed by atoms with van der Waals surface area (Å²) in [6, 6.07) is 12.8. The minimum absolute atomic E-state index is 0.0258. The highest BCUT2D eigenvalue weighted by molar-refractivity contribution is 7.99. The van der Waals surface area contributed by atoms with Crippen LogP contribution in [-0.4, -0.2) is 28.2 Å². The Balaban J connectivity index is 1.51. The highest BCUT2D eigenvalue weighted by atomic mass is 32.2. The summed E-state index contributed by atoms with van der Waals surface area (Å²) in [6.45, 7) is 3.89. The van der Waals surface area contributed by atoms with Gasteiger partial charge >= 0.3 is 0 Å². The maximum absolute atomic E-state index is 13.2. The molecule has 0 aromatic heterocycles. The van der Waals surface area contributed by atoms with Gasteiger partial charge in [-0.05, 0) is 67.3 Å². The summed E-state index contributed by atoms with van der Waals surface area (Å²) in [4.78, 5) is 2.81. The van der Waals surface area contributed by atoms with Crippen LogP contribution in [0, 0.1) is 12.8 Å². The fraction of sp³-hybridized carbons (Fsp3) is 0.520. The van der Waals surface area contributed by atoms with E-state index in [4.69, 9.17) is 4.74 Å². The molecule has 2 aliphatic heterocycles. The van der Waals surface area contributed by atoms with E-state index < -0.39 is 10.0 Å². The molecular formula is C25H31NO3S2. The second-order valence-corrected chi connectivity index (χ2v) is 12.1. The molecule has 0 amide bonds. The van der Waals surface area contributed by atoms with Gasteiger partial charge in [0.15, 0.2) is 0 Å². The Kier molecular flexibility index (Phi) is 5.93. The lowest BCUT2D eigenvalue weighted by atomic mass is 9.65. The molecule has 1 aliphatic carbocycles. The smallest absolute Gasteiger partial charge is 0.240 e. The number of sulfonamides is 1. The van der Waals surface area contributed by atoms with E-state index in [1.807, 2.05) is 13.0 Å². The lowest BCUT2D eigenvalue weighted by molar-refractivity contribution is 0.0678. The lowest BCUT2D eigenvalue weighted by Gasteiger charge is -2.43. The molecule has 2 fully saturated rings. The van der Waals surface area contributed by atoms with Crippen molar-refractivity contribution >= 4 is 21.8 Å². The largest absolute Gasteiger partial charge is 0.381 e. The SMILES string of the molecule is Cc1cc2c(cc1S(=O)(=O)NCC1CCOCC1)Sc1ccccc1C21CCCCC1. The van der Waals surface area contributed by atoms with Crippen LogP contribution in [0.25, 0.3) is 0 Å². The molecular weight excluding hydrogens is 426 g/mol. The van der Waals surface area contributed by atoms with E-state index in [0.29, 0.717) is 17.4 Å². The minimum atomic E-state index is -3.55. The Bertz CT molecular complexity index is 1070. The van der Waals surface area contributed by atoms with Crippen molar-refractivity contribution in [1.29, 1.82) is 0 Å². The summed E-state index contributed by atoms with van der Waals surface area (Å²) >= 11 is 1.73. The van der Waals surface area contributed by atoms with Crippen LogP contribution in [0.15, 0.2) is 51.1 Å². The third-order valence-corrected chi connectivity index (χ3v) is 10.0. The van der Waals surface area contributed by atoms with Gasteiger partial charge in [0.1, 0.15) is 0 Å². The van der Waals surface area contributed by atoms with Gasteiger partial charge in [-0.2, -0.15) is 0 Å². The average molecular weight is 458 g/mol. The van der Waals surface area contributed by atoms with Crippen molar-refractivity contribution in [2.45, 2.75) is 72.0 Å². The molecule has 0 unspecified atom stereocenters. The van der Waals surface area contributed by atoms with Gasteiger partial charge < -0.3 is 4.74 Å². The predicted octanol–water partition coefficient (Wildman–Crippen LogP) is 5.41. The summed E-state index contributed by atoms with van der Waals surface area (Å²) in [7, 11) is -3.55. The Morgan fingerprint density at radius 3 is 2.55 bits per heavy atom. The fourth-order valence-electron chi connectivity index (χ4n) is 5.58. The van der Waals surface area contributed by atoms with Crippen molar-refractivity contribution in [3.63, 3.8) is 0 Å². The third-order valence-electron chi connectivity index (χ3n) is 7.31. The molecule has 1 saturated heterocycles. The maximum atomic E-state index is 13.2. The topological polar surface area (TPSA) is 55.4 Å². The second-order valence-electron chi connectivity index (χ2n) is 9.26. The standard InChI is InChI=1S/C25H31NO3S2/c1-18-15-21-23(16-24(18)31(27,28)26-17-19-9-13-29-14-10-19)30-22-8-4-3-7-20(22)25(21)11-5-2-6-12-25/h3-4,7-8,15-16,19,26H,2,5-6,9-14,17H2,1H3. The van der Waals surface area contributed by atoms with Crippen LogP contribution in [0.3, 0.4) is 0 Å². The molecule has 0 atom stereocenters. The molecule has 2 aromatic carbocycles. The number of aryl methyl sites for hydroxylation is 1. The van der Waals surface area contributed by atoms with Crippen LogP contribution >= 0.6 is 11.8 Å². The molecule has 2 heterocycles. The molecule has 1 N–H and O–H groups in total. The zero-order valence-electron chi connectivity index (χ0n) is 18.2. The number of ether oxygens (including phenoxy) is 1. The first kappa shape index (κ1) is 21.5. The highest BCUT2D eigenvalue weighted by Crippen LogP contribution is 2.55. The fourth-order valence-corrected chi connectivity index (χ4v) is 8.32. The zero-order valence-corrected chi connectivity index (χ0v) is 19.8. The predicted molar refractivity (Wildman–Crippen MR) is 124 cm³/mol. The van der Waals surface area contributed by atoms with Gasteiger partial charge in [0.2, 0.25) is 10.0 Å². The van der Waals surface area contributed by atoms with Crippen LogP contribution < -0.4 is 4.72 Å². The van der Waals surface area contributed by atoms with E-state index in [1.54, 1.807) is 11.8 Å². The van der Waals surface area contributed by atoms with Gasteiger partial charge in [-0.1, -0.05) is 55.3 Å². The first-order chi connectivity index (χ1) is 15.0. The summed E-state index contributed by atoms with van der Waals surface area (Å²) in [5.41, 5.74) is 3.64. The molecule has 0 radical (unpaired) electrons. The number of fused-ring (bicyclic) bond motifs is 4. The highest BCUT2D eigenvalue weighted by Gasteiger charge is 2.42. The van der Waals surface area contributed by atoms with Crippen LogP contribution in [0.2, 0.25) is 0 Å². The zero-order chi connectivity index (χ0) is 21.5. The quantitative estimate of drug-likeness (QED) is 0.667. The Labute approximate surface area is 190 Å². The van der Waals surface area contributed by atoms with Gasteiger partial charge in [0.25, 0.3) is 0 Å². The molecule has 6 heteroatoms.